The average Bonchev–Trinajstić information content (AvgIpc) is 3.05. The molecule has 0 amide bonds. The molecule has 0 saturated heterocycles. The van der Waals surface area contributed by atoms with E-state index in [1.165, 1.54) is 4.88 Å². The number of nitrogens with zero attached hydrogens (tertiary/aromatic N) is 2. The van der Waals surface area contributed by atoms with Gasteiger partial charge >= 0.3 is 0 Å². The molecule has 0 aliphatic heterocycles. The lowest BCUT2D eigenvalue weighted by Crippen LogP contribution is -2.05. The number of fused-ring (bicyclic) bond motifs is 1. The highest BCUT2D eigenvalue weighted by atomic mass is 79.9. The second kappa shape index (κ2) is 6.38. The summed E-state index contributed by atoms with van der Waals surface area (Å²) in [7, 11) is 1.67. The van der Waals surface area contributed by atoms with Crippen LogP contribution in [0.25, 0.3) is 11.0 Å². The van der Waals surface area contributed by atoms with Gasteiger partial charge in [0.05, 0.1) is 19.2 Å². The van der Waals surface area contributed by atoms with E-state index in [9.17, 15) is 0 Å². The second-order valence-electron chi connectivity index (χ2n) is 4.57. The Morgan fingerprint density at radius 3 is 2.90 bits per heavy atom. The molecule has 3 nitrogen and oxygen atoms in total. The summed E-state index contributed by atoms with van der Waals surface area (Å²) in [5.74, 6) is 2.34. The Morgan fingerprint density at radius 1 is 1.38 bits per heavy atom. The van der Waals surface area contributed by atoms with Crippen molar-refractivity contribution in [3.8, 4) is 5.75 Å². The van der Waals surface area contributed by atoms with Crippen molar-refractivity contribution >= 4 is 49.9 Å². The topological polar surface area (TPSA) is 27.1 Å². The first-order valence-electron chi connectivity index (χ1n) is 6.54. The van der Waals surface area contributed by atoms with E-state index in [0.29, 0.717) is 5.88 Å². The monoisotopic (exact) mass is 384 g/mol. The first-order valence-corrected chi connectivity index (χ1v) is 8.75. The lowest BCUT2D eigenvalue weighted by atomic mass is 10.3. The highest BCUT2D eigenvalue weighted by Crippen LogP contribution is 2.29. The third-order valence-electron chi connectivity index (χ3n) is 3.35. The molecule has 0 radical (unpaired) electrons. The van der Waals surface area contributed by atoms with E-state index in [2.05, 4.69) is 38.0 Å². The van der Waals surface area contributed by atoms with Gasteiger partial charge in [-0.05, 0) is 39.5 Å². The second-order valence-corrected chi connectivity index (χ2v) is 6.81. The standard InChI is InChI=1S/C15H14BrClN2OS/c1-20-12-4-2-3-11-15(12)18-14(5-7-17)19(11)9-13-10(16)6-8-21-13/h2-4,6,8H,5,7,9H2,1H3. The van der Waals surface area contributed by atoms with Crippen LogP contribution in [0.2, 0.25) is 0 Å². The van der Waals surface area contributed by atoms with E-state index in [1.807, 2.05) is 12.1 Å². The number of thiophene rings is 1. The Morgan fingerprint density at radius 2 is 2.24 bits per heavy atom. The molecule has 0 fully saturated rings. The molecule has 0 bridgehead atoms. The van der Waals surface area contributed by atoms with E-state index < -0.39 is 0 Å². The summed E-state index contributed by atoms with van der Waals surface area (Å²) in [6, 6.07) is 8.07. The first kappa shape index (κ1) is 14.9. The van der Waals surface area contributed by atoms with E-state index in [0.717, 1.165) is 40.0 Å². The maximum atomic E-state index is 5.93. The van der Waals surface area contributed by atoms with Crippen molar-refractivity contribution < 1.29 is 4.74 Å². The number of hydrogen-bond acceptors (Lipinski definition) is 3. The summed E-state index contributed by atoms with van der Waals surface area (Å²) in [4.78, 5) is 6.00. The first-order chi connectivity index (χ1) is 10.2. The third kappa shape index (κ3) is 2.82. The molecular formula is C15H14BrClN2OS. The van der Waals surface area contributed by atoms with E-state index in [-0.39, 0.29) is 0 Å². The average molecular weight is 386 g/mol. The molecule has 0 N–H and O–H groups in total. The van der Waals surface area contributed by atoms with Crippen molar-refractivity contribution in [3.63, 3.8) is 0 Å². The zero-order chi connectivity index (χ0) is 14.8. The molecule has 0 spiro atoms. The summed E-state index contributed by atoms with van der Waals surface area (Å²) in [6.45, 7) is 0.786. The van der Waals surface area contributed by atoms with Crippen LogP contribution < -0.4 is 4.74 Å². The number of halogens is 2. The molecule has 3 aromatic rings. The van der Waals surface area contributed by atoms with Crippen LogP contribution in [0.5, 0.6) is 5.75 Å². The summed E-state index contributed by atoms with van der Waals surface area (Å²) < 4.78 is 8.77. The number of para-hydroxylation sites is 1. The smallest absolute Gasteiger partial charge is 0.146 e. The number of alkyl halides is 1. The van der Waals surface area contributed by atoms with Gasteiger partial charge in [-0.3, -0.25) is 0 Å². The van der Waals surface area contributed by atoms with Crippen molar-refractivity contribution in [2.24, 2.45) is 0 Å². The molecule has 1 aromatic carbocycles. The normalized spacial score (nSPS) is 11.2. The molecule has 0 saturated carbocycles. The Balaban J connectivity index is 2.14. The minimum atomic E-state index is 0.553. The summed E-state index contributed by atoms with van der Waals surface area (Å²) >= 11 is 11.3. The van der Waals surface area contributed by atoms with Gasteiger partial charge < -0.3 is 9.30 Å². The third-order valence-corrected chi connectivity index (χ3v) is 5.45. The number of methoxy groups -OCH3 is 1. The molecule has 0 aliphatic carbocycles. The van der Waals surface area contributed by atoms with Crippen molar-refractivity contribution in [2.75, 3.05) is 13.0 Å². The molecule has 110 valence electrons. The van der Waals surface area contributed by atoms with Gasteiger partial charge in [-0.1, -0.05) is 6.07 Å². The lowest BCUT2D eigenvalue weighted by molar-refractivity contribution is 0.419. The largest absolute Gasteiger partial charge is 0.494 e. The molecule has 0 atom stereocenters. The predicted molar refractivity (Wildman–Crippen MR) is 91.8 cm³/mol. The number of hydrogen-bond donors (Lipinski definition) is 0. The molecule has 0 unspecified atom stereocenters. The molecule has 2 heterocycles. The van der Waals surface area contributed by atoms with Gasteiger partial charge in [-0.25, -0.2) is 4.98 Å². The Hall–Kier alpha value is -1.04. The maximum absolute atomic E-state index is 5.93. The molecule has 21 heavy (non-hydrogen) atoms. The van der Waals surface area contributed by atoms with Gasteiger partial charge in [0.2, 0.25) is 0 Å². The van der Waals surface area contributed by atoms with Gasteiger partial charge in [0.1, 0.15) is 17.1 Å². The van der Waals surface area contributed by atoms with E-state index in [4.69, 9.17) is 21.3 Å². The van der Waals surface area contributed by atoms with Crippen molar-refractivity contribution in [1.29, 1.82) is 0 Å². The van der Waals surface area contributed by atoms with Crippen molar-refractivity contribution in [2.45, 2.75) is 13.0 Å². The van der Waals surface area contributed by atoms with Gasteiger partial charge in [0, 0.05) is 21.7 Å². The fourth-order valence-electron chi connectivity index (χ4n) is 2.37. The van der Waals surface area contributed by atoms with Crippen LogP contribution in [-0.2, 0) is 13.0 Å². The number of ether oxygens (including phenoxy) is 1. The van der Waals surface area contributed by atoms with Gasteiger partial charge in [0.25, 0.3) is 0 Å². The Kier molecular flexibility index (Phi) is 4.52. The van der Waals surface area contributed by atoms with Crippen LogP contribution in [-0.4, -0.2) is 22.5 Å². The van der Waals surface area contributed by atoms with Gasteiger partial charge in [-0.2, -0.15) is 0 Å². The fraction of sp³-hybridized carbons (Fsp3) is 0.267. The highest BCUT2D eigenvalue weighted by Gasteiger charge is 2.15. The van der Waals surface area contributed by atoms with Crippen LogP contribution in [0.1, 0.15) is 10.7 Å². The minimum Gasteiger partial charge on any atom is -0.494 e. The maximum Gasteiger partial charge on any atom is 0.146 e. The molecule has 3 rings (SSSR count). The van der Waals surface area contributed by atoms with Crippen LogP contribution in [0.4, 0.5) is 0 Å². The number of rotatable bonds is 5. The SMILES string of the molecule is COc1cccc2c1nc(CCCl)n2Cc1sccc1Br. The predicted octanol–water partition coefficient (Wildman–Crippen LogP) is 4.70. The van der Waals surface area contributed by atoms with Gasteiger partial charge in [-0.15, -0.1) is 22.9 Å². The summed E-state index contributed by atoms with van der Waals surface area (Å²) in [5.41, 5.74) is 1.97. The molecular weight excluding hydrogens is 372 g/mol. The molecule has 6 heteroatoms. The van der Waals surface area contributed by atoms with Crippen LogP contribution in [0, 0.1) is 0 Å². The lowest BCUT2D eigenvalue weighted by Gasteiger charge is -2.08. The number of aryl methyl sites for hydroxylation is 1. The van der Waals surface area contributed by atoms with Crippen LogP contribution in [0.15, 0.2) is 34.1 Å². The van der Waals surface area contributed by atoms with Crippen molar-refractivity contribution in [1.82, 2.24) is 9.55 Å². The van der Waals surface area contributed by atoms with Crippen LogP contribution >= 0.6 is 38.9 Å². The Labute approximate surface area is 140 Å². The molecule has 0 aliphatic rings. The Bertz CT molecular complexity index is 768. The zero-order valence-corrected chi connectivity index (χ0v) is 14.6. The number of imidazole rings is 1. The van der Waals surface area contributed by atoms with Gasteiger partial charge in [0.15, 0.2) is 0 Å². The zero-order valence-electron chi connectivity index (χ0n) is 11.5. The number of benzene rings is 1. The highest BCUT2D eigenvalue weighted by molar-refractivity contribution is 9.10. The van der Waals surface area contributed by atoms with E-state index in [1.54, 1.807) is 18.4 Å². The summed E-state index contributed by atoms with van der Waals surface area (Å²) in [5, 5.41) is 2.08. The van der Waals surface area contributed by atoms with E-state index >= 15 is 0 Å². The fourth-order valence-corrected chi connectivity index (χ4v) is 4.00. The summed E-state index contributed by atoms with van der Waals surface area (Å²) in [6.07, 6.45) is 0.738. The molecule has 2 aromatic heterocycles. The minimum absolute atomic E-state index is 0.553. The van der Waals surface area contributed by atoms with Crippen molar-refractivity contribution in [3.05, 3.63) is 44.8 Å². The van der Waals surface area contributed by atoms with Crippen LogP contribution in [0.3, 0.4) is 0 Å². The number of aromatic nitrogens is 2. The quantitative estimate of drug-likeness (QED) is 0.595.